The number of nitrogens with zero attached hydrogens (tertiary/aromatic N) is 2. The van der Waals surface area contributed by atoms with Crippen molar-refractivity contribution < 1.29 is 14.6 Å². The SMILES string of the molecule is COc1cccc([C@H]2C[C@@H](O)CN2C(=O)c2cn[nH]c2C)c1. The van der Waals surface area contributed by atoms with Crippen molar-refractivity contribution in [2.45, 2.75) is 25.5 Å². The molecule has 0 saturated carbocycles. The molecule has 6 nitrogen and oxygen atoms in total. The molecule has 3 rings (SSSR count). The van der Waals surface area contributed by atoms with E-state index < -0.39 is 6.10 Å². The molecule has 2 heterocycles. The van der Waals surface area contributed by atoms with Gasteiger partial charge in [-0.15, -0.1) is 0 Å². The fourth-order valence-corrected chi connectivity index (χ4v) is 2.92. The normalized spacial score (nSPS) is 21.1. The summed E-state index contributed by atoms with van der Waals surface area (Å²) in [7, 11) is 1.61. The quantitative estimate of drug-likeness (QED) is 0.904. The van der Waals surface area contributed by atoms with E-state index in [1.165, 1.54) is 6.20 Å². The lowest BCUT2D eigenvalue weighted by molar-refractivity contribution is 0.0715. The number of nitrogens with one attached hydrogen (secondary N) is 1. The molecule has 1 amide bonds. The van der Waals surface area contributed by atoms with E-state index in [0.717, 1.165) is 17.0 Å². The summed E-state index contributed by atoms with van der Waals surface area (Å²) in [5.41, 5.74) is 2.24. The van der Waals surface area contributed by atoms with Crippen molar-refractivity contribution in [1.82, 2.24) is 15.1 Å². The molecule has 2 atom stereocenters. The maximum atomic E-state index is 12.7. The minimum atomic E-state index is -0.521. The topological polar surface area (TPSA) is 78.5 Å². The molecule has 0 aliphatic carbocycles. The molecule has 1 aromatic carbocycles. The van der Waals surface area contributed by atoms with E-state index in [9.17, 15) is 9.90 Å². The smallest absolute Gasteiger partial charge is 0.257 e. The Balaban J connectivity index is 1.92. The van der Waals surface area contributed by atoms with Crippen LogP contribution in [0.15, 0.2) is 30.5 Å². The number of rotatable bonds is 3. The first-order valence-electron chi connectivity index (χ1n) is 7.23. The highest BCUT2D eigenvalue weighted by Crippen LogP contribution is 2.34. The lowest BCUT2D eigenvalue weighted by Gasteiger charge is -2.25. The number of methoxy groups -OCH3 is 1. The molecule has 6 heteroatoms. The Kier molecular flexibility index (Phi) is 3.85. The van der Waals surface area contributed by atoms with Crippen molar-refractivity contribution in [3.8, 4) is 5.75 Å². The van der Waals surface area contributed by atoms with Crippen LogP contribution in [0.3, 0.4) is 0 Å². The number of aromatic amines is 1. The molecule has 0 spiro atoms. The van der Waals surface area contributed by atoms with Crippen LogP contribution in [0, 0.1) is 6.92 Å². The molecule has 1 aliphatic rings. The highest BCUT2D eigenvalue weighted by atomic mass is 16.5. The number of carbonyl (C=O) groups excluding carboxylic acids is 1. The lowest BCUT2D eigenvalue weighted by atomic mass is 10.0. The van der Waals surface area contributed by atoms with Crippen molar-refractivity contribution >= 4 is 5.91 Å². The van der Waals surface area contributed by atoms with Crippen LogP contribution in [0.4, 0.5) is 0 Å². The number of H-pyrrole nitrogens is 1. The number of carbonyl (C=O) groups is 1. The van der Waals surface area contributed by atoms with E-state index in [2.05, 4.69) is 10.2 Å². The number of amides is 1. The van der Waals surface area contributed by atoms with Gasteiger partial charge in [0.1, 0.15) is 5.75 Å². The first-order chi connectivity index (χ1) is 10.6. The van der Waals surface area contributed by atoms with Gasteiger partial charge in [-0.05, 0) is 31.0 Å². The number of ether oxygens (including phenoxy) is 1. The van der Waals surface area contributed by atoms with E-state index in [4.69, 9.17) is 4.74 Å². The summed E-state index contributed by atoms with van der Waals surface area (Å²) >= 11 is 0. The Morgan fingerprint density at radius 1 is 1.50 bits per heavy atom. The Bertz CT molecular complexity index is 683. The fourth-order valence-electron chi connectivity index (χ4n) is 2.92. The van der Waals surface area contributed by atoms with Crippen molar-refractivity contribution in [3.05, 3.63) is 47.3 Å². The second-order valence-corrected chi connectivity index (χ2v) is 5.55. The van der Waals surface area contributed by atoms with E-state index >= 15 is 0 Å². The Labute approximate surface area is 128 Å². The maximum Gasteiger partial charge on any atom is 0.257 e. The molecular formula is C16H19N3O3. The number of hydrogen-bond acceptors (Lipinski definition) is 4. The molecule has 1 aromatic heterocycles. The van der Waals surface area contributed by atoms with Crippen molar-refractivity contribution in [1.29, 1.82) is 0 Å². The van der Waals surface area contributed by atoms with Gasteiger partial charge in [0.05, 0.1) is 31.0 Å². The summed E-state index contributed by atoms with van der Waals surface area (Å²) in [6.45, 7) is 2.14. The molecular weight excluding hydrogens is 282 g/mol. The number of aliphatic hydroxyl groups is 1. The molecule has 2 N–H and O–H groups in total. The van der Waals surface area contributed by atoms with Crippen molar-refractivity contribution in [3.63, 3.8) is 0 Å². The molecule has 0 radical (unpaired) electrons. The monoisotopic (exact) mass is 301 g/mol. The van der Waals surface area contributed by atoms with E-state index in [1.54, 1.807) is 12.0 Å². The van der Waals surface area contributed by atoms with Gasteiger partial charge in [-0.3, -0.25) is 9.89 Å². The number of aliphatic hydroxyl groups excluding tert-OH is 1. The Hall–Kier alpha value is -2.34. The van der Waals surface area contributed by atoms with Gasteiger partial charge in [-0.25, -0.2) is 0 Å². The second-order valence-electron chi connectivity index (χ2n) is 5.55. The van der Waals surface area contributed by atoms with E-state index in [-0.39, 0.29) is 11.9 Å². The zero-order valence-corrected chi connectivity index (χ0v) is 12.6. The van der Waals surface area contributed by atoms with Crippen LogP contribution in [0.5, 0.6) is 5.75 Å². The number of aryl methyl sites for hydroxylation is 1. The zero-order chi connectivity index (χ0) is 15.7. The molecule has 1 fully saturated rings. The second kappa shape index (κ2) is 5.81. The highest BCUT2D eigenvalue weighted by molar-refractivity contribution is 5.95. The summed E-state index contributed by atoms with van der Waals surface area (Å²) in [6, 6.07) is 7.46. The van der Waals surface area contributed by atoms with Gasteiger partial charge in [-0.1, -0.05) is 12.1 Å². The van der Waals surface area contributed by atoms with Crippen LogP contribution in [-0.2, 0) is 0 Å². The number of aromatic nitrogens is 2. The summed E-state index contributed by atoms with van der Waals surface area (Å²) in [6.07, 6.45) is 1.54. The van der Waals surface area contributed by atoms with Crippen LogP contribution in [0.1, 0.15) is 34.1 Å². The molecule has 1 aliphatic heterocycles. The van der Waals surface area contributed by atoms with Crippen LogP contribution in [-0.4, -0.2) is 45.9 Å². The average Bonchev–Trinajstić information content (AvgIpc) is 3.12. The van der Waals surface area contributed by atoms with Gasteiger partial charge < -0.3 is 14.7 Å². The molecule has 0 bridgehead atoms. The fraction of sp³-hybridized carbons (Fsp3) is 0.375. The van der Waals surface area contributed by atoms with Crippen LogP contribution >= 0.6 is 0 Å². The first kappa shape index (κ1) is 14.6. The standard InChI is InChI=1S/C16H19N3O3/c1-10-14(8-17-18-10)16(21)19-9-12(20)7-15(19)11-4-3-5-13(6-11)22-2/h3-6,8,12,15,20H,7,9H2,1-2H3,(H,17,18)/t12-,15-/m1/s1. The van der Waals surface area contributed by atoms with Gasteiger partial charge in [0.25, 0.3) is 5.91 Å². The molecule has 2 aromatic rings. The third kappa shape index (κ3) is 2.57. The summed E-state index contributed by atoms with van der Waals surface area (Å²) < 4.78 is 5.25. The summed E-state index contributed by atoms with van der Waals surface area (Å²) in [4.78, 5) is 14.4. The van der Waals surface area contributed by atoms with Crippen LogP contribution < -0.4 is 4.74 Å². The predicted octanol–water partition coefficient (Wildman–Crippen LogP) is 1.67. The number of benzene rings is 1. The summed E-state index contributed by atoms with van der Waals surface area (Å²) in [5, 5.41) is 16.7. The Morgan fingerprint density at radius 3 is 3.00 bits per heavy atom. The van der Waals surface area contributed by atoms with Gasteiger partial charge in [0.2, 0.25) is 0 Å². The minimum Gasteiger partial charge on any atom is -0.497 e. The van der Waals surface area contributed by atoms with Crippen molar-refractivity contribution in [2.75, 3.05) is 13.7 Å². The van der Waals surface area contributed by atoms with E-state index in [0.29, 0.717) is 18.5 Å². The lowest BCUT2D eigenvalue weighted by Crippen LogP contribution is -2.32. The van der Waals surface area contributed by atoms with Crippen LogP contribution in [0.2, 0.25) is 0 Å². The van der Waals surface area contributed by atoms with Gasteiger partial charge in [0.15, 0.2) is 0 Å². The third-order valence-electron chi connectivity index (χ3n) is 4.08. The third-order valence-corrected chi connectivity index (χ3v) is 4.08. The minimum absolute atomic E-state index is 0.115. The predicted molar refractivity (Wildman–Crippen MR) is 80.7 cm³/mol. The van der Waals surface area contributed by atoms with Crippen molar-refractivity contribution in [2.24, 2.45) is 0 Å². The van der Waals surface area contributed by atoms with E-state index in [1.807, 2.05) is 31.2 Å². The summed E-state index contributed by atoms with van der Waals surface area (Å²) in [5.74, 6) is 0.626. The van der Waals surface area contributed by atoms with Gasteiger partial charge in [-0.2, -0.15) is 5.10 Å². The number of likely N-dealkylation sites (tertiary alicyclic amines) is 1. The van der Waals surface area contributed by atoms with Crippen LogP contribution in [0.25, 0.3) is 0 Å². The molecule has 1 saturated heterocycles. The highest BCUT2D eigenvalue weighted by Gasteiger charge is 2.36. The number of hydrogen-bond donors (Lipinski definition) is 2. The number of β-amino-alcohol motifs (C(OH)–C–C–N with tert-alkyl or cyclic N) is 1. The molecule has 22 heavy (non-hydrogen) atoms. The average molecular weight is 301 g/mol. The van der Waals surface area contributed by atoms with Gasteiger partial charge >= 0.3 is 0 Å². The van der Waals surface area contributed by atoms with Gasteiger partial charge in [0, 0.05) is 12.2 Å². The molecule has 116 valence electrons. The largest absolute Gasteiger partial charge is 0.497 e. The zero-order valence-electron chi connectivity index (χ0n) is 12.6. The maximum absolute atomic E-state index is 12.7. The molecule has 0 unspecified atom stereocenters. The first-order valence-corrected chi connectivity index (χ1v) is 7.23. The Morgan fingerprint density at radius 2 is 2.32 bits per heavy atom.